The van der Waals surface area contributed by atoms with E-state index in [1.54, 1.807) is 11.3 Å². The highest BCUT2D eigenvalue weighted by molar-refractivity contribution is 7.10. The number of amides is 2. The van der Waals surface area contributed by atoms with Gasteiger partial charge in [0.15, 0.2) is 5.82 Å². The van der Waals surface area contributed by atoms with Crippen molar-refractivity contribution in [1.82, 2.24) is 20.5 Å². The molecule has 1 aromatic carbocycles. The Hall–Kier alpha value is -2.67. The highest BCUT2D eigenvalue weighted by atomic mass is 32.1. The number of carbonyl (C=O) groups is 1. The van der Waals surface area contributed by atoms with E-state index in [1.807, 2.05) is 37.3 Å². The second kappa shape index (κ2) is 7.92. The Labute approximate surface area is 162 Å². The third kappa shape index (κ3) is 4.19. The summed E-state index contributed by atoms with van der Waals surface area (Å²) >= 11 is 1.71. The van der Waals surface area contributed by atoms with E-state index in [-0.39, 0.29) is 12.1 Å². The van der Waals surface area contributed by atoms with Gasteiger partial charge in [-0.2, -0.15) is 5.10 Å². The highest BCUT2D eigenvalue weighted by Crippen LogP contribution is 2.37. The topological polar surface area (TPSA) is 82.7 Å². The lowest BCUT2D eigenvalue weighted by molar-refractivity contribution is 0.243. The first-order chi connectivity index (χ1) is 13.2. The van der Waals surface area contributed by atoms with Gasteiger partial charge in [0.2, 0.25) is 0 Å². The summed E-state index contributed by atoms with van der Waals surface area (Å²) in [4.78, 5) is 18.2. The number of thiophene rings is 1. The zero-order valence-electron chi connectivity index (χ0n) is 15.2. The quantitative estimate of drug-likeness (QED) is 0.588. The smallest absolute Gasteiger partial charge is 0.319 e. The lowest BCUT2D eigenvalue weighted by atomic mass is 9.97. The largest absolute Gasteiger partial charge is 0.330 e. The number of nitrogens with zero attached hydrogens (tertiary/aromatic N) is 2. The fraction of sp³-hybridized carbons (Fsp3) is 0.350. The molecule has 2 heterocycles. The maximum atomic E-state index is 12.7. The number of hydrogen-bond donors (Lipinski definition) is 3. The molecule has 6 nitrogen and oxygen atoms in total. The normalized spacial score (nSPS) is 15.6. The van der Waals surface area contributed by atoms with Gasteiger partial charge in [-0.1, -0.05) is 31.0 Å². The molecule has 1 unspecified atom stereocenters. The fourth-order valence-electron chi connectivity index (χ4n) is 3.70. The van der Waals surface area contributed by atoms with Gasteiger partial charge in [-0.15, -0.1) is 11.3 Å². The summed E-state index contributed by atoms with van der Waals surface area (Å²) in [6.07, 6.45) is 4.83. The molecule has 0 aliphatic heterocycles. The number of aryl methyl sites for hydroxylation is 1. The van der Waals surface area contributed by atoms with E-state index >= 15 is 0 Å². The molecule has 7 heteroatoms. The number of rotatable bonds is 5. The Kier molecular flexibility index (Phi) is 5.20. The number of aromatic nitrogens is 3. The molecule has 0 bridgehead atoms. The number of urea groups is 1. The van der Waals surface area contributed by atoms with Crippen LogP contribution in [0.5, 0.6) is 0 Å². The van der Waals surface area contributed by atoms with Crippen LogP contribution in [0.1, 0.15) is 42.4 Å². The number of aromatic amines is 1. The van der Waals surface area contributed by atoms with Crippen LogP contribution in [0.4, 0.5) is 10.5 Å². The van der Waals surface area contributed by atoms with Gasteiger partial charge in [0.25, 0.3) is 0 Å². The van der Waals surface area contributed by atoms with Gasteiger partial charge in [0.05, 0.1) is 6.04 Å². The standard InChI is InChI=1S/C20H23N5OS/c1-13-21-19(25-24-13)15-8-4-9-16(12-15)22-20(26)23-18(14-6-2-3-7-14)17-10-5-11-27-17/h4-5,8-12,14,18H,2-3,6-7H2,1H3,(H,21,24,25)(H2,22,23,26). The van der Waals surface area contributed by atoms with Crippen molar-refractivity contribution in [2.24, 2.45) is 5.92 Å². The Bertz CT molecular complexity index is 899. The summed E-state index contributed by atoms with van der Waals surface area (Å²) in [5.74, 6) is 1.90. The van der Waals surface area contributed by atoms with Crippen molar-refractivity contribution >= 4 is 23.1 Å². The van der Waals surface area contributed by atoms with Crippen molar-refractivity contribution < 1.29 is 4.79 Å². The molecule has 3 aromatic rings. The van der Waals surface area contributed by atoms with Gasteiger partial charge in [-0.3, -0.25) is 5.10 Å². The molecule has 0 spiro atoms. The third-order valence-corrected chi connectivity index (χ3v) is 5.94. The first-order valence-electron chi connectivity index (χ1n) is 9.29. The summed E-state index contributed by atoms with van der Waals surface area (Å²) in [5.41, 5.74) is 1.59. The van der Waals surface area contributed by atoms with E-state index in [4.69, 9.17) is 0 Å². The van der Waals surface area contributed by atoms with Crippen LogP contribution in [0, 0.1) is 12.8 Å². The van der Waals surface area contributed by atoms with Gasteiger partial charge in [0, 0.05) is 16.1 Å². The molecule has 2 aromatic heterocycles. The number of benzene rings is 1. The lowest BCUT2D eigenvalue weighted by Gasteiger charge is -2.24. The van der Waals surface area contributed by atoms with Crippen LogP contribution in [0.3, 0.4) is 0 Å². The van der Waals surface area contributed by atoms with Crippen LogP contribution in [-0.4, -0.2) is 21.2 Å². The summed E-state index contributed by atoms with van der Waals surface area (Å²) in [7, 11) is 0. The van der Waals surface area contributed by atoms with Crippen molar-refractivity contribution in [1.29, 1.82) is 0 Å². The van der Waals surface area contributed by atoms with Crippen LogP contribution in [0.15, 0.2) is 41.8 Å². The zero-order valence-corrected chi connectivity index (χ0v) is 16.1. The molecule has 140 valence electrons. The van der Waals surface area contributed by atoms with E-state index in [0.29, 0.717) is 11.7 Å². The Morgan fingerprint density at radius 3 is 2.81 bits per heavy atom. The molecule has 1 aliphatic rings. The summed E-state index contributed by atoms with van der Waals surface area (Å²) in [6.45, 7) is 1.86. The van der Waals surface area contributed by atoms with E-state index in [2.05, 4.69) is 37.3 Å². The van der Waals surface area contributed by atoms with E-state index in [1.165, 1.54) is 30.6 Å². The molecule has 27 heavy (non-hydrogen) atoms. The second-order valence-electron chi connectivity index (χ2n) is 6.96. The number of nitrogens with one attached hydrogen (secondary N) is 3. The lowest BCUT2D eigenvalue weighted by Crippen LogP contribution is -2.35. The van der Waals surface area contributed by atoms with Crippen LogP contribution >= 0.6 is 11.3 Å². The maximum Gasteiger partial charge on any atom is 0.319 e. The summed E-state index contributed by atoms with van der Waals surface area (Å²) < 4.78 is 0. The van der Waals surface area contributed by atoms with Gasteiger partial charge in [-0.05, 0) is 49.3 Å². The monoisotopic (exact) mass is 381 g/mol. The molecule has 1 saturated carbocycles. The van der Waals surface area contributed by atoms with E-state index in [0.717, 1.165) is 17.1 Å². The molecule has 0 radical (unpaired) electrons. The zero-order chi connectivity index (χ0) is 18.6. The predicted molar refractivity (Wildman–Crippen MR) is 108 cm³/mol. The van der Waals surface area contributed by atoms with Crippen LogP contribution in [0.25, 0.3) is 11.4 Å². The highest BCUT2D eigenvalue weighted by Gasteiger charge is 2.28. The van der Waals surface area contributed by atoms with Gasteiger partial charge >= 0.3 is 6.03 Å². The summed E-state index contributed by atoms with van der Waals surface area (Å²) in [6, 6.07) is 11.6. The first-order valence-corrected chi connectivity index (χ1v) is 10.2. The van der Waals surface area contributed by atoms with E-state index in [9.17, 15) is 4.79 Å². The molecule has 1 fully saturated rings. The van der Waals surface area contributed by atoms with Crippen LogP contribution in [0.2, 0.25) is 0 Å². The average Bonchev–Trinajstić information content (AvgIpc) is 3.42. The SMILES string of the molecule is Cc1nc(-c2cccc(NC(=O)NC(c3cccs3)C3CCCC3)c2)n[nH]1. The molecular formula is C20H23N5OS. The van der Waals surface area contributed by atoms with Gasteiger partial charge in [-0.25, -0.2) is 9.78 Å². The van der Waals surface area contributed by atoms with Gasteiger partial charge < -0.3 is 10.6 Å². The number of anilines is 1. The van der Waals surface area contributed by atoms with Crippen molar-refractivity contribution in [2.45, 2.75) is 38.6 Å². The molecule has 3 N–H and O–H groups in total. The van der Waals surface area contributed by atoms with Crippen molar-refractivity contribution in [3.05, 3.63) is 52.5 Å². The molecule has 1 aliphatic carbocycles. The Morgan fingerprint density at radius 1 is 1.26 bits per heavy atom. The summed E-state index contributed by atoms with van der Waals surface area (Å²) in [5, 5.41) is 15.2. The van der Waals surface area contributed by atoms with Crippen molar-refractivity contribution in [3.8, 4) is 11.4 Å². The first kappa shape index (κ1) is 17.7. The Balaban J connectivity index is 1.46. The van der Waals surface area contributed by atoms with Gasteiger partial charge in [0.1, 0.15) is 5.82 Å². The van der Waals surface area contributed by atoms with Crippen molar-refractivity contribution in [3.63, 3.8) is 0 Å². The minimum absolute atomic E-state index is 0.0753. The number of carbonyl (C=O) groups excluding carboxylic acids is 1. The van der Waals surface area contributed by atoms with Crippen LogP contribution in [-0.2, 0) is 0 Å². The average molecular weight is 382 g/mol. The van der Waals surface area contributed by atoms with E-state index < -0.39 is 0 Å². The molecule has 4 rings (SSSR count). The molecule has 1 atom stereocenters. The predicted octanol–water partition coefficient (Wildman–Crippen LogP) is 4.89. The minimum Gasteiger partial charge on any atom is -0.330 e. The fourth-order valence-corrected chi connectivity index (χ4v) is 4.57. The molecule has 0 saturated heterocycles. The second-order valence-corrected chi connectivity index (χ2v) is 7.94. The molecule has 2 amide bonds. The van der Waals surface area contributed by atoms with Crippen LogP contribution < -0.4 is 10.6 Å². The minimum atomic E-state index is -0.177. The third-order valence-electron chi connectivity index (χ3n) is 4.98. The van der Waals surface area contributed by atoms with Crippen molar-refractivity contribution in [2.75, 3.05) is 5.32 Å². The number of hydrogen-bond acceptors (Lipinski definition) is 4. The maximum absolute atomic E-state index is 12.7. The number of H-pyrrole nitrogens is 1. The molecular weight excluding hydrogens is 358 g/mol. The Morgan fingerprint density at radius 2 is 2.11 bits per heavy atom.